The summed E-state index contributed by atoms with van der Waals surface area (Å²) in [7, 11) is 0. The second kappa shape index (κ2) is 5.59. The Morgan fingerprint density at radius 2 is 1.95 bits per heavy atom. The topological polar surface area (TPSA) is 24.9 Å². The second-order valence-corrected chi connectivity index (χ2v) is 5.36. The lowest BCUT2D eigenvalue weighted by Gasteiger charge is -2.09. The maximum absolute atomic E-state index is 13.2. The lowest BCUT2D eigenvalue weighted by molar-refractivity contribution is 0.625. The van der Waals surface area contributed by atoms with Crippen LogP contribution >= 0.6 is 15.9 Å². The van der Waals surface area contributed by atoms with Gasteiger partial charge in [-0.1, -0.05) is 34.1 Å². The van der Waals surface area contributed by atoms with Crippen molar-refractivity contribution in [3.05, 3.63) is 70.6 Å². The Bertz CT molecular complexity index is 758. The summed E-state index contributed by atoms with van der Waals surface area (Å²) >= 11 is 3.42. The number of benzene rings is 2. The van der Waals surface area contributed by atoms with Crippen LogP contribution in [0.25, 0.3) is 10.9 Å². The SMILES string of the molecule is Fc1ccc(Br)c(CNc2cnc3ccccc3c2)c1. The number of nitrogens with zero attached hydrogens (tertiary/aromatic N) is 1. The first-order valence-corrected chi connectivity index (χ1v) is 7.04. The fourth-order valence-electron chi connectivity index (χ4n) is 2.04. The van der Waals surface area contributed by atoms with Gasteiger partial charge in [-0.15, -0.1) is 0 Å². The Morgan fingerprint density at radius 3 is 2.85 bits per heavy atom. The van der Waals surface area contributed by atoms with E-state index in [0.29, 0.717) is 6.54 Å². The number of pyridine rings is 1. The first-order chi connectivity index (χ1) is 9.72. The molecule has 0 amide bonds. The molecule has 0 aliphatic rings. The van der Waals surface area contributed by atoms with Gasteiger partial charge in [-0.25, -0.2) is 4.39 Å². The first kappa shape index (κ1) is 13.1. The number of fused-ring (bicyclic) bond motifs is 1. The van der Waals surface area contributed by atoms with Crippen molar-refractivity contribution < 1.29 is 4.39 Å². The zero-order valence-electron chi connectivity index (χ0n) is 10.6. The summed E-state index contributed by atoms with van der Waals surface area (Å²) in [6.07, 6.45) is 1.79. The van der Waals surface area contributed by atoms with E-state index in [2.05, 4.69) is 26.2 Å². The van der Waals surface area contributed by atoms with Gasteiger partial charge in [-0.05, 0) is 35.9 Å². The Hall–Kier alpha value is -1.94. The van der Waals surface area contributed by atoms with Crippen LogP contribution in [-0.2, 0) is 6.54 Å². The summed E-state index contributed by atoms with van der Waals surface area (Å²) in [5, 5.41) is 4.34. The molecule has 20 heavy (non-hydrogen) atoms. The molecule has 0 fully saturated rings. The minimum atomic E-state index is -0.235. The smallest absolute Gasteiger partial charge is 0.123 e. The molecule has 0 atom stereocenters. The zero-order valence-corrected chi connectivity index (χ0v) is 12.2. The van der Waals surface area contributed by atoms with E-state index in [0.717, 1.165) is 26.6 Å². The van der Waals surface area contributed by atoms with Crippen molar-refractivity contribution in [2.45, 2.75) is 6.54 Å². The van der Waals surface area contributed by atoms with Crippen LogP contribution in [-0.4, -0.2) is 4.98 Å². The van der Waals surface area contributed by atoms with Crippen LogP contribution in [0.3, 0.4) is 0 Å². The maximum Gasteiger partial charge on any atom is 0.123 e. The molecule has 2 aromatic carbocycles. The standard InChI is InChI=1S/C16H12BrFN2/c17-15-6-5-13(18)7-12(15)9-19-14-8-11-3-1-2-4-16(11)20-10-14/h1-8,10,19H,9H2. The van der Waals surface area contributed by atoms with E-state index in [1.807, 2.05) is 30.3 Å². The van der Waals surface area contributed by atoms with Crippen LogP contribution in [0.5, 0.6) is 0 Å². The van der Waals surface area contributed by atoms with E-state index in [4.69, 9.17) is 0 Å². The van der Waals surface area contributed by atoms with E-state index < -0.39 is 0 Å². The van der Waals surface area contributed by atoms with E-state index in [9.17, 15) is 4.39 Å². The molecule has 0 aliphatic carbocycles. The van der Waals surface area contributed by atoms with Crippen LogP contribution < -0.4 is 5.32 Å². The Labute approximate surface area is 124 Å². The number of nitrogens with one attached hydrogen (secondary N) is 1. The van der Waals surface area contributed by atoms with Gasteiger partial charge in [0.1, 0.15) is 5.82 Å². The van der Waals surface area contributed by atoms with Crippen LogP contribution in [0.15, 0.2) is 59.2 Å². The Balaban J connectivity index is 1.81. The van der Waals surface area contributed by atoms with Crippen molar-refractivity contribution in [3.8, 4) is 0 Å². The van der Waals surface area contributed by atoms with Gasteiger partial charge in [0.05, 0.1) is 17.4 Å². The van der Waals surface area contributed by atoms with Crippen molar-refractivity contribution in [2.24, 2.45) is 0 Å². The Morgan fingerprint density at radius 1 is 1.10 bits per heavy atom. The van der Waals surface area contributed by atoms with Gasteiger partial charge in [-0.2, -0.15) is 0 Å². The van der Waals surface area contributed by atoms with Crippen LogP contribution in [0.1, 0.15) is 5.56 Å². The quantitative estimate of drug-likeness (QED) is 0.749. The molecule has 1 N–H and O–H groups in total. The molecule has 3 rings (SSSR count). The van der Waals surface area contributed by atoms with E-state index in [1.165, 1.54) is 12.1 Å². The average Bonchev–Trinajstić information content (AvgIpc) is 2.48. The predicted molar refractivity (Wildman–Crippen MR) is 83.2 cm³/mol. The highest BCUT2D eigenvalue weighted by molar-refractivity contribution is 9.10. The molecule has 1 heterocycles. The molecule has 3 aromatic rings. The van der Waals surface area contributed by atoms with Crippen molar-refractivity contribution >= 4 is 32.5 Å². The van der Waals surface area contributed by atoms with Gasteiger partial charge in [0.25, 0.3) is 0 Å². The lowest BCUT2D eigenvalue weighted by Crippen LogP contribution is -2.01. The number of rotatable bonds is 3. The molecule has 0 saturated heterocycles. The number of aromatic nitrogens is 1. The summed E-state index contributed by atoms with van der Waals surface area (Å²) in [6, 6.07) is 14.6. The van der Waals surface area contributed by atoms with Crippen molar-refractivity contribution in [2.75, 3.05) is 5.32 Å². The number of halogens is 2. The highest BCUT2D eigenvalue weighted by atomic mass is 79.9. The number of para-hydroxylation sites is 1. The third-order valence-electron chi connectivity index (χ3n) is 3.08. The minimum absolute atomic E-state index is 0.235. The number of hydrogen-bond donors (Lipinski definition) is 1. The summed E-state index contributed by atoms with van der Waals surface area (Å²) in [4.78, 5) is 4.39. The maximum atomic E-state index is 13.2. The summed E-state index contributed by atoms with van der Waals surface area (Å²) in [5.74, 6) is -0.235. The summed E-state index contributed by atoms with van der Waals surface area (Å²) in [6.45, 7) is 0.540. The van der Waals surface area contributed by atoms with Gasteiger partial charge < -0.3 is 5.32 Å². The fraction of sp³-hybridized carbons (Fsp3) is 0.0625. The van der Waals surface area contributed by atoms with E-state index in [-0.39, 0.29) is 5.82 Å². The average molecular weight is 331 g/mol. The van der Waals surface area contributed by atoms with Crippen molar-refractivity contribution in [3.63, 3.8) is 0 Å². The summed E-state index contributed by atoms with van der Waals surface area (Å²) < 4.78 is 14.1. The van der Waals surface area contributed by atoms with Gasteiger partial charge in [0.15, 0.2) is 0 Å². The van der Waals surface area contributed by atoms with Gasteiger partial charge in [0.2, 0.25) is 0 Å². The molecule has 1 aromatic heterocycles. The Kier molecular flexibility index (Phi) is 3.65. The normalized spacial score (nSPS) is 10.7. The first-order valence-electron chi connectivity index (χ1n) is 6.25. The van der Waals surface area contributed by atoms with Gasteiger partial charge in [-0.3, -0.25) is 4.98 Å². The number of anilines is 1. The molecular formula is C16H12BrFN2. The lowest BCUT2D eigenvalue weighted by atomic mass is 10.2. The zero-order chi connectivity index (χ0) is 13.9. The molecule has 0 saturated carbocycles. The van der Waals surface area contributed by atoms with Gasteiger partial charge >= 0.3 is 0 Å². The number of hydrogen-bond acceptors (Lipinski definition) is 2. The van der Waals surface area contributed by atoms with Crippen molar-refractivity contribution in [1.82, 2.24) is 4.98 Å². The predicted octanol–water partition coefficient (Wildman–Crippen LogP) is 4.75. The second-order valence-electron chi connectivity index (χ2n) is 4.51. The fourth-order valence-corrected chi connectivity index (χ4v) is 2.43. The van der Waals surface area contributed by atoms with Crippen LogP contribution in [0.2, 0.25) is 0 Å². The highest BCUT2D eigenvalue weighted by Crippen LogP contribution is 2.20. The van der Waals surface area contributed by atoms with E-state index >= 15 is 0 Å². The van der Waals surface area contributed by atoms with Crippen molar-refractivity contribution in [1.29, 1.82) is 0 Å². The third kappa shape index (κ3) is 2.80. The highest BCUT2D eigenvalue weighted by Gasteiger charge is 2.02. The monoisotopic (exact) mass is 330 g/mol. The molecule has 4 heteroatoms. The minimum Gasteiger partial charge on any atom is -0.380 e. The molecule has 0 aliphatic heterocycles. The largest absolute Gasteiger partial charge is 0.380 e. The van der Waals surface area contributed by atoms with E-state index in [1.54, 1.807) is 12.3 Å². The molecule has 0 unspecified atom stereocenters. The molecular weight excluding hydrogens is 319 g/mol. The molecule has 0 radical (unpaired) electrons. The van der Waals surface area contributed by atoms with Crippen LogP contribution in [0.4, 0.5) is 10.1 Å². The molecule has 100 valence electrons. The summed E-state index contributed by atoms with van der Waals surface area (Å²) in [5.41, 5.74) is 2.75. The molecule has 0 spiro atoms. The molecule has 2 nitrogen and oxygen atoms in total. The third-order valence-corrected chi connectivity index (χ3v) is 3.85. The van der Waals surface area contributed by atoms with Crippen LogP contribution in [0, 0.1) is 5.82 Å². The van der Waals surface area contributed by atoms with Gasteiger partial charge in [0, 0.05) is 16.4 Å². The molecule has 0 bridgehead atoms.